The highest BCUT2D eigenvalue weighted by Crippen LogP contribution is 2.40. The van der Waals surface area contributed by atoms with Crippen LogP contribution in [0.4, 0.5) is 0 Å². The molecule has 2 aromatic rings. The average molecular weight is 400 g/mol. The molecular formula is C22H25NO2S2. The summed E-state index contributed by atoms with van der Waals surface area (Å²) < 4.78 is 11.5. The lowest BCUT2D eigenvalue weighted by Gasteiger charge is -2.26. The molecule has 1 fully saturated rings. The highest BCUT2D eigenvalue weighted by Gasteiger charge is 2.32. The summed E-state index contributed by atoms with van der Waals surface area (Å²) in [6.07, 6.45) is 4.46. The molecule has 1 unspecified atom stereocenters. The Morgan fingerprint density at radius 2 is 1.59 bits per heavy atom. The Balaban J connectivity index is 1.81. The van der Waals surface area contributed by atoms with Crippen LogP contribution in [0.2, 0.25) is 0 Å². The van der Waals surface area contributed by atoms with E-state index in [1.54, 1.807) is 26.0 Å². The van der Waals surface area contributed by atoms with Gasteiger partial charge in [-0.15, -0.1) is 0 Å². The summed E-state index contributed by atoms with van der Waals surface area (Å²) in [6.45, 7) is 3.04. The molecule has 3 rings (SSSR count). The fourth-order valence-electron chi connectivity index (χ4n) is 3.17. The van der Waals surface area contributed by atoms with E-state index in [0.717, 1.165) is 35.2 Å². The summed E-state index contributed by atoms with van der Waals surface area (Å²) in [5.74, 6) is 1.75. The molecule has 5 heteroatoms. The third kappa shape index (κ3) is 4.85. The Bertz CT molecular complexity index is 800. The predicted octanol–water partition coefficient (Wildman–Crippen LogP) is 5.75. The number of methoxy groups -OCH3 is 2. The number of benzene rings is 2. The molecule has 1 aliphatic heterocycles. The van der Waals surface area contributed by atoms with Crippen LogP contribution in [-0.4, -0.2) is 29.5 Å². The second-order valence-electron chi connectivity index (χ2n) is 6.47. The maximum absolute atomic E-state index is 5.72. The van der Waals surface area contributed by atoms with Crippen LogP contribution in [0.1, 0.15) is 30.9 Å². The van der Waals surface area contributed by atoms with E-state index >= 15 is 0 Å². The molecular weight excluding hydrogens is 374 g/mol. The van der Waals surface area contributed by atoms with Crippen LogP contribution in [0, 0.1) is 0 Å². The maximum atomic E-state index is 5.72. The molecule has 1 aliphatic rings. The van der Waals surface area contributed by atoms with E-state index in [2.05, 4.69) is 42.2 Å². The predicted molar refractivity (Wildman–Crippen MR) is 118 cm³/mol. The van der Waals surface area contributed by atoms with Gasteiger partial charge in [-0.05, 0) is 47.9 Å². The van der Waals surface area contributed by atoms with Crippen molar-refractivity contribution in [2.24, 2.45) is 0 Å². The van der Waals surface area contributed by atoms with Gasteiger partial charge in [-0.1, -0.05) is 61.6 Å². The van der Waals surface area contributed by atoms with Crippen LogP contribution < -0.4 is 9.47 Å². The molecule has 0 spiro atoms. The standard InChI is InChI=1S/C22H25NO2S2/c1-4-5-20-21(14-16-6-10-18(24-2)11-7-16)27-22(26)23(20)15-17-8-12-19(25-3)13-9-17/h6-14,20H,4-5,15H2,1-3H3/b21-14-. The molecule has 2 aromatic carbocycles. The van der Waals surface area contributed by atoms with Gasteiger partial charge in [0.2, 0.25) is 0 Å². The first-order valence-corrected chi connectivity index (χ1v) is 10.3. The lowest BCUT2D eigenvalue weighted by Crippen LogP contribution is -2.31. The molecule has 1 heterocycles. The van der Waals surface area contributed by atoms with Gasteiger partial charge in [0.1, 0.15) is 15.8 Å². The zero-order valence-corrected chi connectivity index (χ0v) is 17.6. The number of thiocarbonyl (C=S) groups is 1. The zero-order chi connectivity index (χ0) is 19.2. The highest BCUT2D eigenvalue weighted by atomic mass is 32.2. The van der Waals surface area contributed by atoms with Crippen LogP contribution in [0.3, 0.4) is 0 Å². The van der Waals surface area contributed by atoms with Crippen molar-refractivity contribution < 1.29 is 9.47 Å². The van der Waals surface area contributed by atoms with Gasteiger partial charge < -0.3 is 14.4 Å². The molecule has 27 heavy (non-hydrogen) atoms. The van der Waals surface area contributed by atoms with Gasteiger partial charge in [-0.25, -0.2) is 0 Å². The Kier molecular flexibility index (Phi) is 6.80. The van der Waals surface area contributed by atoms with Crippen molar-refractivity contribution >= 4 is 34.4 Å². The third-order valence-electron chi connectivity index (χ3n) is 4.64. The van der Waals surface area contributed by atoms with E-state index < -0.39 is 0 Å². The van der Waals surface area contributed by atoms with Crippen LogP contribution in [0.5, 0.6) is 11.5 Å². The summed E-state index contributed by atoms with van der Waals surface area (Å²) in [4.78, 5) is 3.67. The Labute approximate surface area is 171 Å². The molecule has 1 atom stereocenters. The number of thioether (sulfide) groups is 1. The molecule has 1 saturated heterocycles. The van der Waals surface area contributed by atoms with E-state index in [9.17, 15) is 0 Å². The summed E-state index contributed by atoms with van der Waals surface area (Å²) in [6, 6.07) is 16.7. The zero-order valence-electron chi connectivity index (χ0n) is 16.0. The van der Waals surface area contributed by atoms with Crippen LogP contribution >= 0.6 is 24.0 Å². The van der Waals surface area contributed by atoms with Crippen LogP contribution in [0.25, 0.3) is 6.08 Å². The smallest absolute Gasteiger partial charge is 0.141 e. The first kappa shape index (κ1) is 19.8. The highest BCUT2D eigenvalue weighted by molar-refractivity contribution is 8.26. The molecule has 0 radical (unpaired) electrons. The monoisotopic (exact) mass is 399 g/mol. The fourth-order valence-corrected chi connectivity index (χ4v) is 4.74. The van der Waals surface area contributed by atoms with Crippen molar-refractivity contribution in [1.82, 2.24) is 4.90 Å². The third-order valence-corrected chi connectivity index (χ3v) is 6.16. The van der Waals surface area contributed by atoms with Crippen molar-refractivity contribution in [1.29, 1.82) is 0 Å². The normalized spacial score (nSPS) is 18.2. The lowest BCUT2D eigenvalue weighted by molar-refractivity contribution is 0.348. The first-order chi connectivity index (χ1) is 13.1. The van der Waals surface area contributed by atoms with Gasteiger partial charge in [0.25, 0.3) is 0 Å². The number of ether oxygens (including phenoxy) is 2. The lowest BCUT2D eigenvalue weighted by atomic mass is 10.1. The number of hydrogen-bond acceptors (Lipinski definition) is 4. The molecule has 0 bridgehead atoms. The van der Waals surface area contributed by atoms with E-state index in [1.807, 2.05) is 24.3 Å². The van der Waals surface area contributed by atoms with Gasteiger partial charge in [-0.2, -0.15) is 0 Å². The van der Waals surface area contributed by atoms with Gasteiger partial charge in [0.05, 0.1) is 20.3 Å². The van der Waals surface area contributed by atoms with Gasteiger partial charge in [-0.3, -0.25) is 0 Å². The quantitative estimate of drug-likeness (QED) is 0.551. The van der Waals surface area contributed by atoms with Crippen molar-refractivity contribution in [3.63, 3.8) is 0 Å². The number of rotatable bonds is 7. The average Bonchev–Trinajstić information content (AvgIpc) is 2.98. The van der Waals surface area contributed by atoms with Crippen molar-refractivity contribution in [3.05, 3.63) is 64.6 Å². The topological polar surface area (TPSA) is 21.7 Å². The van der Waals surface area contributed by atoms with Crippen LogP contribution in [-0.2, 0) is 6.54 Å². The first-order valence-electron chi connectivity index (χ1n) is 9.11. The summed E-state index contributed by atoms with van der Waals surface area (Å²) >= 11 is 7.43. The summed E-state index contributed by atoms with van der Waals surface area (Å²) in [7, 11) is 3.38. The van der Waals surface area contributed by atoms with E-state index in [0.29, 0.717) is 6.04 Å². The van der Waals surface area contributed by atoms with Gasteiger partial charge in [0, 0.05) is 11.4 Å². The van der Waals surface area contributed by atoms with E-state index in [-0.39, 0.29) is 0 Å². The van der Waals surface area contributed by atoms with Gasteiger partial charge >= 0.3 is 0 Å². The molecule has 142 valence electrons. The van der Waals surface area contributed by atoms with E-state index in [4.69, 9.17) is 21.7 Å². The minimum Gasteiger partial charge on any atom is -0.497 e. The Morgan fingerprint density at radius 3 is 2.15 bits per heavy atom. The molecule has 0 aliphatic carbocycles. The minimum atomic E-state index is 0.330. The second-order valence-corrected chi connectivity index (χ2v) is 8.18. The molecule has 0 N–H and O–H groups in total. The van der Waals surface area contributed by atoms with Crippen LogP contribution in [0.15, 0.2) is 53.4 Å². The largest absolute Gasteiger partial charge is 0.497 e. The van der Waals surface area contributed by atoms with Gasteiger partial charge in [0.15, 0.2) is 0 Å². The van der Waals surface area contributed by atoms with E-state index in [1.165, 1.54) is 16.0 Å². The second kappa shape index (κ2) is 9.29. The molecule has 0 amide bonds. The number of nitrogens with zero attached hydrogens (tertiary/aromatic N) is 1. The Morgan fingerprint density at radius 1 is 1.00 bits per heavy atom. The molecule has 3 nitrogen and oxygen atoms in total. The maximum Gasteiger partial charge on any atom is 0.141 e. The van der Waals surface area contributed by atoms with Crippen molar-refractivity contribution in [3.8, 4) is 11.5 Å². The number of hydrogen-bond donors (Lipinski definition) is 0. The summed E-state index contributed by atoms with van der Waals surface area (Å²) in [5.41, 5.74) is 2.42. The molecule has 0 aromatic heterocycles. The fraction of sp³-hybridized carbons (Fsp3) is 0.318. The SMILES string of the molecule is CCCC1/C(=C/c2ccc(OC)cc2)SC(=S)N1Cc1ccc(OC)cc1. The summed E-state index contributed by atoms with van der Waals surface area (Å²) in [5, 5.41) is 0. The molecule has 0 saturated carbocycles. The minimum absolute atomic E-state index is 0.330. The van der Waals surface area contributed by atoms with Crippen molar-refractivity contribution in [2.75, 3.05) is 14.2 Å². The van der Waals surface area contributed by atoms with Crippen molar-refractivity contribution in [2.45, 2.75) is 32.4 Å². The Hall–Kier alpha value is -1.98.